The van der Waals surface area contributed by atoms with E-state index in [1.807, 2.05) is 44.2 Å². The van der Waals surface area contributed by atoms with Crippen LogP contribution < -0.4 is 5.32 Å². The van der Waals surface area contributed by atoms with E-state index in [9.17, 15) is 9.59 Å². The summed E-state index contributed by atoms with van der Waals surface area (Å²) in [4.78, 5) is 23.1. The molecule has 104 valence electrons. The van der Waals surface area contributed by atoms with Gasteiger partial charge >= 0.3 is 6.09 Å². The Labute approximate surface area is 114 Å². The lowest BCUT2D eigenvalue weighted by molar-refractivity contribution is -0.120. The topological polar surface area (TPSA) is 55.4 Å². The van der Waals surface area contributed by atoms with Crippen LogP contribution in [0.1, 0.15) is 32.8 Å². The van der Waals surface area contributed by atoms with Gasteiger partial charge in [0.05, 0.1) is 6.04 Å². The zero-order chi connectivity index (χ0) is 14.3. The zero-order valence-electron chi connectivity index (χ0n) is 11.7. The van der Waals surface area contributed by atoms with Crippen molar-refractivity contribution in [2.24, 2.45) is 5.92 Å². The molecule has 0 aromatic heterocycles. The van der Waals surface area contributed by atoms with Crippen LogP contribution in [0, 0.1) is 5.92 Å². The van der Waals surface area contributed by atoms with Crippen LogP contribution in [-0.2, 0) is 16.1 Å². The van der Waals surface area contributed by atoms with Crippen molar-refractivity contribution in [2.75, 3.05) is 0 Å². The minimum Gasteiger partial charge on any atom is -0.445 e. The fourth-order valence-electron chi connectivity index (χ4n) is 1.77. The highest BCUT2D eigenvalue weighted by Crippen LogP contribution is 2.09. The molecule has 1 rings (SSSR count). The lowest BCUT2D eigenvalue weighted by Crippen LogP contribution is -2.44. The number of nitrogens with one attached hydrogen (secondary N) is 1. The van der Waals surface area contributed by atoms with Crippen molar-refractivity contribution in [1.29, 1.82) is 0 Å². The van der Waals surface area contributed by atoms with Crippen LogP contribution in [-0.4, -0.2) is 17.9 Å². The summed E-state index contributed by atoms with van der Waals surface area (Å²) in [6.07, 6.45) is 0.271. The van der Waals surface area contributed by atoms with Crippen LogP contribution in [0.2, 0.25) is 0 Å². The number of Topliss-reactive ketones (excluding diaryl/α,β-unsaturated/α-hetero) is 1. The average Bonchev–Trinajstić information content (AvgIpc) is 2.42. The summed E-state index contributed by atoms with van der Waals surface area (Å²) in [6, 6.07) is 8.95. The molecular formula is C15H21NO3. The number of ether oxygens (including phenoxy) is 1. The molecule has 0 saturated carbocycles. The Hall–Kier alpha value is -1.84. The van der Waals surface area contributed by atoms with E-state index in [1.54, 1.807) is 0 Å². The summed E-state index contributed by atoms with van der Waals surface area (Å²) in [5.74, 6) is 0.0489. The Morgan fingerprint density at radius 3 is 2.42 bits per heavy atom. The monoisotopic (exact) mass is 263 g/mol. The second-order valence-corrected chi connectivity index (χ2v) is 4.68. The molecule has 0 spiro atoms. The van der Waals surface area contributed by atoms with Crippen LogP contribution >= 0.6 is 0 Å². The summed E-state index contributed by atoms with van der Waals surface area (Å²) in [5, 5.41) is 2.63. The van der Waals surface area contributed by atoms with Gasteiger partial charge in [-0.25, -0.2) is 4.79 Å². The predicted octanol–water partition coefficient (Wildman–Crippen LogP) is 2.92. The van der Waals surface area contributed by atoms with Gasteiger partial charge in [0, 0.05) is 0 Å². The molecule has 2 atom stereocenters. The molecule has 0 saturated heterocycles. The predicted molar refractivity (Wildman–Crippen MR) is 73.7 cm³/mol. The van der Waals surface area contributed by atoms with E-state index in [1.165, 1.54) is 6.92 Å². The van der Waals surface area contributed by atoms with E-state index in [-0.39, 0.29) is 18.3 Å². The van der Waals surface area contributed by atoms with E-state index in [0.717, 1.165) is 12.0 Å². The van der Waals surface area contributed by atoms with Gasteiger partial charge in [-0.1, -0.05) is 50.6 Å². The molecule has 0 bridgehead atoms. The summed E-state index contributed by atoms with van der Waals surface area (Å²) in [7, 11) is 0. The molecule has 1 unspecified atom stereocenters. The van der Waals surface area contributed by atoms with Gasteiger partial charge in [0.25, 0.3) is 0 Å². The van der Waals surface area contributed by atoms with Crippen LogP contribution in [0.15, 0.2) is 30.3 Å². The van der Waals surface area contributed by atoms with Crippen molar-refractivity contribution in [3.05, 3.63) is 35.9 Å². The molecule has 4 nitrogen and oxygen atoms in total. The van der Waals surface area contributed by atoms with Gasteiger partial charge in [-0.05, 0) is 18.4 Å². The minimum atomic E-state index is -0.552. The van der Waals surface area contributed by atoms with E-state index in [4.69, 9.17) is 4.74 Å². The maximum absolute atomic E-state index is 11.7. The highest BCUT2D eigenvalue weighted by atomic mass is 16.5. The second-order valence-electron chi connectivity index (χ2n) is 4.68. The number of amides is 1. The summed E-state index contributed by atoms with van der Waals surface area (Å²) in [5.41, 5.74) is 0.917. The number of hydrogen-bond acceptors (Lipinski definition) is 3. The molecule has 0 radical (unpaired) electrons. The third-order valence-electron chi connectivity index (χ3n) is 3.14. The van der Waals surface area contributed by atoms with Gasteiger partial charge in [-0.15, -0.1) is 0 Å². The Kier molecular flexibility index (Phi) is 6.06. The first-order chi connectivity index (χ1) is 9.04. The maximum Gasteiger partial charge on any atom is 0.408 e. The first-order valence-electron chi connectivity index (χ1n) is 6.52. The first kappa shape index (κ1) is 15.2. The van der Waals surface area contributed by atoms with Crippen LogP contribution in [0.5, 0.6) is 0 Å². The minimum absolute atomic E-state index is 0.0500. The van der Waals surface area contributed by atoms with Crippen molar-refractivity contribution in [2.45, 2.75) is 39.8 Å². The quantitative estimate of drug-likeness (QED) is 0.858. The molecule has 0 aliphatic rings. The fourth-order valence-corrected chi connectivity index (χ4v) is 1.77. The summed E-state index contributed by atoms with van der Waals surface area (Å²) in [6.45, 7) is 5.60. The average molecular weight is 263 g/mol. The van der Waals surface area contributed by atoms with Crippen LogP contribution in [0.4, 0.5) is 4.79 Å². The first-order valence-corrected chi connectivity index (χ1v) is 6.52. The van der Waals surface area contributed by atoms with Crippen LogP contribution in [0.3, 0.4) is 0 Å². The van der Waals surface area contributed by atoms with Gasteiger partial charge in [-0.2, -0.15) is 0 Å². The molecule has 1 aromatic carbocycles. The van der Waals surface area contributed by atoms with Crippen molar-refractivity contribution < 1.29 is 14.3 Å². The van der Waals surface area contributed by atoms with E-state index >= 15 is 0 Å². The molecule has 0 fully saturated rings. The molecule has 1 aromatic rings. The molecule has 0 aliphatic heterocycles. The Bertz CT molecular complexity index is 417. The number of rotatable bonds is 6. The number of carbonyl (C=O) groups excluding carboxylic acids is 2. The molecular weight excluding hydrogens is 242 g/mol. The number of alkyl carbamates (subject to hydrolysis) is 1. The number of ketones is 1. The van der Waals surface area contributed by atoms with Gasteiger partial charge in [-0.3, -0.25) is 4.79 Å². The molecule has 1 N–H and O–H groups in total. The molecule has 19 heavy (non-hydrogen) atoms. The van der Waals surface area contributed by atoms with Crippen molar-refractivity contribution >= 4 is 11.9 Å². The third kappa shape index (κ3) is 5.12. The number of benzene rings is 1. The lowest BCUT2D eigenvalue weighted by atomic mass is 9.96. The van der Waals surface area contributed by atoms with E-state index in [0.29, 0.717) is 0 Å². The SMILES string of the molecule is CCC(C)[C@H](NC(=O)OCc1ccccc1)C(C)=O. The van der Waals surface area contributed by atoms with Crippen molar-refractivity contribution in [3.63, 3.8) is 0 Å². The summed E-state index contributed by atoms with van der Waals surface area (Å²) < 4.78 is 5.10. The standard InChI is InChI=1S/C15H21NO3/c1-4-11(2)14(12(3)17)16-15(18)19-10-13-8-6-5-7-9-13/h5-9,11,14H,4,10H2,1-3H3,(H,16,18)/t11?,14-/m0/s1. The van der Waals surface area contributed by atoms with Crippen molar-refractivity contribution in [1.82, 2.24) is 5.32 Å². The largest absolute Gasteiger partial charge is 0.445 e. The Balaban J connectivity index is 2.47. The lowest BCUT2D eigenvalue weighted by Gasteiger charge is -2.21. The number of hydrogen-bond donors (Lipinski definition) is 1. The van der Waals surface area contributed by atoms with Crippen molar-refractivity contribution in [3.8, 4) is 0 Å². The molecule has 4 heteroatoms. The highest BCUT2D eigenvalue weighted by Gasteiger charge is 2.23. The fraction of sp³-hybridized carbons (Fsp3) is 0.467. The third-order valence-corrected chi connectivity index (χ3v) is 3.14. The van der Waals surface area contributed by atoms with Gasteiger partial charge in [0.2, 0.25) is 0 Å². The Morgan fingerprint density at radius 2 is 1.89 bits per heavy atom. The van der Waals surface area contributed by atoms with Gasteiger partial charge in [0.1, 0.15) is 6.61 Å². The Morgan fingerprint density at radius 1 is 1.26 bits per heavy atom. The van der Waals surface area contributed by atoms with E-state index < -0.39 is 12.1 Å². The molecule has 0 aliphatic carbocycles. The van der Waals surface area contributed by atoms with Gasteiger partial charge in [0.15, 0.2) is 5.78 Å². The zero-order valence-corrected chi connectivity index (χ0v) is 11.7. The van der Waals surface area contributed by atoms with Crippen LogP contribution in [0.25, 0.3) is 0 Å². The normalized spacial score (nSPS) is 13.4. The summed E-state index contributed by atoms with van der Waals surface area (Å²) >= 11 is 0. The molecule has 0 heterocycles. The maximum atomic E-state index is 11.7. The van der Waals surface area contributed by atoms with Gasteiger partial charge < -0.3 is 10.1 Å². The van der Waals surface area contributed by atoms with E-state index in [2.05, 4.69) is 5.32 Å². The number of carbonyl (C=O) groups is 2. The second kappa shape index (κ2) is 7.56. The highest BCUT2D eigenvalue weighted by molar-refractivity contribution is 5.85. The molecule has 1 amide bonds. The smallest absolute Gasteiger partial charge is 0.408 e.